The van der Waals surface area contributed by atoms with Gasteiger partial charge in [0.15, 0.2) is 5.78 Å². The van der Waals surface area contributed by atoms with Crippen molar-refractivity contribution in [3.8, 4) is 0 Å². The molecule has 1 heterocycles. The first-order valence-corrected chi connectivity index (χ1v) is 8.82. The van der Waals surface area contributed by atoms with Gasteiger partial charge >= 0.3 is 0 Å². The van der Waals surface area contributed by atoms with E-state index in [1.165, 1.54) is 25.4 Å². The number of rotatable bonds is 7. The Morgan fingerprint density at radius 1 is 1.21 bits per heavy atom. The minimum absolute atomic E-state index is 0.0434. The number of nitro groups is 1. The smallest absolute Gasteiger partial charge is 0.270 e. The van der Waals surface area contributed by atoms with Crippen LogP contribution in [0.4, 0.5) is 5.69 Å². The average molecular weight is 394 g/mol. The van der Waals surface area contributed by atoms with E-state index in [1.807, 2.05) is 30.3 Å². The van der Waals surface area contributed by atoms with Crippen molar-refractivity contribution in [2.75, 3.05) is 0 Å². The number of aromatic nitrogens is 2. The van der Waals surface area contributed by atoms with Crippen LogP contribution in [0.1, 0.15) is 12.5 Å². The molecule has 0 aliphatic heterocycles. The number of nitrogens with zero attached hydrogens (tertiary/aromatic N) is 3. The molecule has 0 fully saturated rings. The molecular weight excluding hydrogens is 376 g/mol. The SMILES string of the molecule is CC(=O)[C@H](Cc1ccccc1)NC(=O)Cn1cnc2ccc([N+](=O)[O-])cc2c1=O. The van der Waals surface area contributed by atoms with Crippen LogP contribution in [0.15, 0.2) is 59.7 Å². The summed E-state index contributed by atoms with van der Waals surface area (Å²) in [5.41, 5.74) is 0.377. The molecule has 9 nitrogen and oxygen atoms in total. The summed E-state index contributed by atoms with van der Waals surface area (Å²) in [4.78, 5) is 51.3. The van der Waals surface area contributed by atoms with Gasteiger partial charge in [0, 0.05) is 12.1 Å². The largest absolute Gasteiger partial charge is 0.344 e. The molecule has 3 rings (SSSR count). The third kappa shape index (κ3) is 4.70. The number of non-ortho nitro benzene ring substituents is 1. The van der Waals surface area contributed by atoms with E-state index >= 15 is 0 Å². The maximum Gasteiger partial charge on any atom is 0.270 e. The Kier molecular flexibility index (Phi) is 5.77. The number of Topliss-reactive ketones (excluding diaryl/α,β-unsaturated/α-hetero) is 1. The fourth-order valence-electron chi connectivity index (χ4n) is 2.91. The zero-order valence-corrected chi connectivity index (χ0v) is 15.6. The van der Waals surface area contributed by atoms with Gasteiger partial charge < -0.3 is 5.32 Å². The summed E-state index contributed by atoms with van der Waals surface area (Å²) in [5, 5.41) is 13.6. The number of carbonyl (C=O) groups is 2. The molecule has 0 aliphatic carbocycles. The molecule has 1 atom stereocenters. The molecule has 3 aromatic rings. The first-order chi connectivity index (χ1) is 13.8. The second-order valence-electron chi connectivity index (χ2n) is 6.56. The molecule has 9 heteroatoms. The third-order valence-corrected chi connectivity index (χ3v) is 4.44. The number of fused-ring (bicyclic) bond motifs is 1. The van der Waals surface area contributed by atoms with E-state index in [1.54, 1.807) is 0 Å². The summed E-state index contributed by atoms with van der Waals surface area (Å²) in [6, 6.07) is 12.3. The summed E-state index contributed by atoms with van der Waals surface area (Å²) >= 11 is 0. The summed E-state index contributed by atoms with van der Waals surface area (Å²) < 4.78 is 1.06. The van der Waals surface area contributed by atoms with Crippen LogP contribution in [0.3, 0.4) is 0 Å². The number of nitrogens with one attached hydrogen (secondary N) is 1. The number of benzene rings is 2. The minimum Gasteiger partial charge on any atom is -0.344 e. The maximum absolute atomic E-state index is 12.6. The first-order valence-electron chi connectivity index (χ1n) is 8.82. The molecule has 0 saturated carbocycles. The van der Waals surface area contributed by atoms with Gasteiger partial charge in [-0.15, -0.1) is 0 Å². The van der Waals surface area contributed by atoms with Crippen LogP contribution < -0.4 is 10.9 Å². The van der Waals surface area contributed by atoms with Crippen molar-refractivity contribution in [2.24, 2.45) is 0 Å². The van der Waals surface area contributed by atoms with Crippen molar-refractivity contribution >= 4 is 28.3 Å². The second-order valence-corrected chi connectivity index (χ2v) is 6.56. The Morgan fingerprint density at radius 3 is 2.59 bits per heavy atom. The second kappa shape index (κ2) is 8.42. The van der Waals surface area contributed by atoms with Gasteiger partial charge in [0.05, 0.1) is 28.2 Å². The standard InChI is InChI=1S/C20H18N4O5/c1-13(25)18(9-14-5-3-2-4-6-14)22-19(26)11-23-12-21-17-8-7-15(24(28)29)10-16(17)20(23)27/h2-8,10,12,18H,9,11H2,1H3,(H,22,26)/t18-/m0/s1. The van der Waals surface area contributed by atoms with E-state index in [9.17, 15) is 24.5 Å². The topological polar surface area (TPSA) is 124 Å². The molecule has 0 unspecified atom stereocenters. The molecule has 1 amide bonds. The maximum atomic E-state index is 12.6. The Morgan fingerprint density at radius 2 is 1.93 bits per heavy atom. The van der Waals surface area contributed by atoms with E-state index < -0.39 is 22.4 Å². The number of carbonyl (C=O) groups excluding carboxylic acids is 2. The Balaban J connectivity index is 1.79. The number of hydrogen-bond acceptors (Lipinski definition) is 6. The van der Waals surface area contributed by atoms with Gasteiger partial charge in [0.2, 0.25) is 5.91 Å². The van der Waals surface area contributed by atoms with Crippen molar-refractivity contribution < 1.29 is 14.5 Å². The fraction of sp³-hybridized carbons (Fsp3) is 0.200. The van der Waals surface area contributed by atoms with Gasteiger partial charge in [-0.3, -0.25) is 29.1 Å². The lowest BCUT2D eigenvalue weighted by Gasteiger charge is -2.16. The number of amides is 1. The van der Waals surface area contributed by atoms with Gasteiger partial charge in [-0.1, -0.05) is 30.3 Å². The summed E-state index contributed by atoms with van der Waals surface area (Å²) in [7, 11) is 0. The van der Waals surface area contributed by atoms with Crippen molar-refractivity contribution in [1.29, 1.82) is 0 Å². The summed E-state index contributed by atoms with van der Waals surface area (Å²) in [6.07, 6.45) is 1.54. The predicted molar refractivity (Wildman–Crippen MR) is 105 cm³/mol. The Hall–Kier alpha value is -3.88. The minimum atomic E-state index is -0.727. The van der Waals surface area contributed by atoms with Crippen LogP contribution in [0.2, 0.25) is 0 Å². The quantitative estimate of drug-likeness (QED) is 0.480. The van der Waals surface area contributed by atoms with Gasteiger partial charge in [-0.2, -0.15) is 0 Å². The van der Waals surface area contributed by atoms with Gasteiger partial charge in [0.1, 0.15) is 6.54 Å². The molecule has 148 valence electrons. The van der Waals surface area contributed by atoms with E-state index in [0.29, 0.717) is 11.9 Å². The monoisotopic (exact) mass is 394 g/mol. The lowest BCUT2D eigenvalue weighted by atomic mass is 10.0. The highest BCUT2D eigenvalue weighted by atomic mass is 16.6. The van der Waals surface area contributed by atoms with Crippen LogP contribution in [0.25, 0.3) is 10.9 Å². The molecule has 0 aliphatic rings. The Bertz CT molecular complexity index is 1140. The zero-order chi connectivity index (χ0) is 21.0. The van der Waals surface area contributed by atoms with E-state index in [4.69, 9.17) is 0 Å². The van der Waals surface area contributed by atoms with E-state index in [-0.39, 0.29) is 23.4 Å². The number of nitro benzene ring substituents is 1. The van der Waals surface area contributed by atoms with Crippen LogP contribution >= 0.6 is 0 Å². The molecule has 1 aromatic heterocycles. The normalized spacial score (nSPS) is 11.8. The molecule has 0 saturated heterocycles. The van der Waals surface area contributed by atoms with Crippen LogP contribution in [-0.4, -0.2) is 32.2 Å². The summed E-state index contributed by atoms with van der Waals surface area (Å²) in [5.74, 6) is -0.739. The lowest BCUT2D eigenvalue weighted by molar-refractivity contribution is -0.384. The molecule has 0 radical (unpaired) electrons. The number of hydrogen-bond donors (Lipinski definition) is 1. The van der Waals surface area contributed by atoms with Crippen molar-refractivity contribution in [1.82, 2.24) is 14.9 Å². The molecule has 0 spiro atoms. The van der Waals surface area contributed by atoms with Gasteiger partial charge in [-0.25, -0.2) is 4.98 Å². The molecule has 1 N–H and O–H groups in total. The van der Waals surface area contributed by atoms with E-state index in [0.717, 1.165) is 16.2 Å². The lowest BCUT2D eigenvalue weighted by Crippen LogP contribution is -2.43. The van der Waals surface area contributed by atoms with Crippen LogP contribution in [0.5, 0.6) is 0 Å². The molecular formula is C20H18N4O5. The predicted octanol–water partition coefficient (Wildman–Crippen LogP) is 1.62. The highest BCUT2D eigenvalue weighted by Gasteiger charge is 2.19. The molecule has 2 aromatic carbocycles. The number of ketones is 1. The van der Waals surface area contributed by atoms with Crippen molar-refractivity contribution in [3.63, 3.8) is 0 Å². The van der Waals surface area contributed by atoms with E-state index in [2.05, 4.69) is 10.3 Å². The van der Waals surface area contributed by atoms with Crippen LogP contribution in [-0.2, 0) is 22.6 Å². The van der Waals surface area contributed by atoms with Gasteiger partial charge in [-0.05, 0) is 25.0 Å². The van der Waals surface area contributed by atoms with Crippen molar-refractivity contribution in [2.45, 2.75) is 25.9 Å². The zero-order valence-electron chi connectivity index (χ0n) is 15.6. The Labute approximate surface area is 165 Å². The summed E-state index contributed by atoms with van der Waals surface area (Å²) in [6.45, 7) is 1.03. The van der Waals surface area contributed by atoms with Crippen molar-refractivity contribution in [3.05, 3.63) is 80.9 Å². The highest BCUT2D eigenvalue weighted by Crippen LogP contribution is 2.16. The van der Waals surface area contributed by atoms with Gasteiger partial charge in [0.25, 0.3) is 11.2 Å². The van der Waals surface area contributed by atoms with Crippen LogP contribution in [0, 0.1) is 10.1 Å². The highest BCUT2D eigenvalue weighted by molar-refractivity contribution is 5.88. The molecule has 29 heavy (non-hydrogen) atoms. The first kappa shape index (κ1) is 19.9. The fourth-order valence-corrected chi connectivity index (χ4v) is 2.91. The molecule has 0 bridgehead atoms. The average Bonchev–Trinajstić information content (AvgIpc) is 2.70. The third-order valence-electron chi connectivity index (χ3n) is 4.44.